The Labute approximate surface area is 88.1 Å². The first-order chi connectivity index (χ1) is 7.08. The molecule has 1 N–H and O–H groups in total. The summed E-state index contributed by atoms with van der Waals surface area (Å²) in [4.78, 5) is 24.1. The second kappa shape index (κ2) is 3.54. The van der Waals surface area contributed by atoms with Gasteiger partial charge in [0.1, 0.15) is 0 Å². The molecule has 0 radical (unpaired) electrons. The predicted octanol–water partition coefficient (Wildman–Crippen LogP) is -0.438. The van der Waals surface area contributed by atoms with Gasteiger partial charge in [-0.3, -0.25) is 15.0 Å². The Morgan fingerprint density at radius 3 is 2.60 bits per heavy atom. The first-order valence-electron chi connectivity index (χ1n) is 4.84. The average molecular weight is 210 g/mol. The number of nitrogens with one attached hydrogen (secondary N) is 1. The van der Waals surface area contributed by atoms with Crippen molar-refractivity contribution in [1.82, 2.24) is 20.2 Å². The number of rotatable bonds is 1. The van der Waals surface area contributed by atoms with E-state index in [1.807, 2.05) is 30.3 Å². The van der Waals surface area contributed by atoms with Crippen LogP contribution >= 0.6 is 0 Å². The summed E-state index contributed by atoms with van der Waals surface area (Å²) in [7, 11) is 3.86. The zero-order chi connectivity index (χ0) is 11.0. The molecule has 6 heteroatoms. The van der Waals surface area contributed by atoms with Crippen molar-refractivity contribution in [2.75, 3.05) is 27.2 Å². The molecule has 0 bridgehead atoms. The molecule has 0 aromatic carbocycles. The quantitative estimate of drug-likeness (QED) is 0.637. The van der Waals surface area contributed by atoms with E-state index in [4.69, 9.17) is 0 Å². The average Bonchev–Trinajstić information content (AvgIpc) is 2.46. The summed E-state index contributed by atoms with van der Waals surface area (Å²) in [6.45, 7) is 1.16. The second-order valence-corrected chi connectivity index (χ2v) is 3.76. The van der Waals surface area contributed by atoms with E-state index in [0.29, 0.717) is 19.5 Å². The number of hydrogen-bond acceptors (Lipinski definition) is 4. The summed E-state index contributed by atoms with van der Waals surface area (Å²) in [5.41, 5.74) is 0.921. The smallest absolute Gasteiger partial charge is 0.314 e. The minimum Gasteiger partial charge on any atom is -0.314 e. The molecule has 2 aliphatic heterocycles. The van der Waals surface area contributed by atoms with Gasteiger partial charge >= 0.3 is 6.03 Å². The van der Waals surface area contributed by atoms with Gasteiger partial charge in [-0.25, -0.2) is 9.80 Å². The topological polar surface area (TPSA) is 55.9 Å². The third-order valence-corrected chi connectivity index (χ3v) is 2.67. The van der Waals surface area contributed by atoms with Crippen LogP contribution in [0.5, 0.6) is 0 Å². The lowest BCUT2D eigenvalue weighted by molar-refractivity contribution is -0.121. The molecule has 0 unspecified atom stereocenters. The number of urea groups is 1. The van der Waals surface area contributed by atoms with Crippen LogP contribution < -0.4 is 5.32 Å². The third-order valence-electron chi connectivity index (χ3n) is 2.67. The van der Waals surface area contributed by atoms with Crippen molar-refractivity contribution >= 4 is 11.9 Å². The Morgan fingerprint density at radius 1 is 1.33 bits per heavy atom. The van der Waals surface area contributed by atoms with E-state index in [1.54, 1.807) is 4.90 Å². The maximum Gasteiger partial charge on any atom is 0.328 e. The van der Waals surface area contributed by atoms with Gasteiger partial charge in [-0.15, -0.1) is 0 Å². The van der Waals surface area contributed by atoms with Crippen molar-refractivity contribution in [1.29, 1.82) is 0 Å². The summed E-state index contributed by atoms with van der Waals surface area (Å²) in [5, 5.41) is 6.21. The summed E-state index contributed by atoms with van der Waals surface area (Å²) >= 11 is 0. The highest BCUT2D eigenvalue weighted by atomic mass is 16.2. The van der Waals surface area contributed by atoms with Gasteiger partial charge in [-0.2, -0.15) is 0 Å². The maximum absolute atomic E-state index is 11.5. The van der Waals surface area contributed by atoms with E-state index in [-0.39, 0.29) is 11.9 Å². The van der Waals surface area contributed by atoms with Crippen LogP contribution in [0.2, 0.25) is 0 Å². The Hall–Kier alpha value is -1.56. The normalized spacial score (nSPS) is 23.2. The standard InChI is InChI=1S/C9H14N4O2/c1-11-5-7(6-12(11)2)13-4-3-8(14)10-9(13)15/h5H,3-4,6H2,1-2H3,(H,10,14,15). The molecule has 2 aliphatic rings. The lowest BCUT2D eigenvalue weighted by Crippen LogP contribution is -2.49. The van der Waals surface area contributed by atoms with Gasteiger partial charge in [0.2, 0.25) is 5.91 Å². The molecule has 2 heterocycles. The summed E-state index contributed by atoms with van der Waals surface area (Å²) < 4.78 is 0. The number of carbonyl (C=O) groups is 2. The SMILES string of the molecule is CN1C=C(N2CCC(=O)NC2=O)CN1C. The Morgan fingerprint density at radius 2 is 2.07 bits per heavy atom. The number of carbonyl (C=O) groups excluding carboxylic acids is 2. The highest BCUT2D eigenvalue weighted by molar-refractivity contribution is 5.97. The van der Waals surface area contributed by atoms with Gasteiger partial charge in [0, 0.05) is 33.3 Å². The highest BCUT2D eigenvalue weighted by Gasteiger charge is 2.29. The molecule has 1 saturated heterocycles. The molecule has 0 aromatic heterocycles. The van der Waals surface area contributed by atoms with Crippen molar-refractivity contribution in [2.24, 2.45) is 0 Å². The van der Waals surface area contributed by atoms with Gasteiger partial charge in [-0.05, 0) is 0 Å². The monoisotopic (exact) mass is 210 g/mol. The zero-order valence-electron chi connectivity index (χ0n) is 8.86. The van der Waals surface area contributed by atoms with E-state index in [2.05, 4.69) is 5.32 Å². The largest absolute Gasteiger partial charge is 0.328 e. The zero-order valence-corrected chi connectivity index (χ0v) is 8.86. The van der Waals surface area contributed by atoms with E-state index < -0.39 is 0 Å². The molecule has 15 heavy (non-hydrogen) atoms. The van der Waals surface area contributed by atoms with Crippen molar-refractivity contribution in [2.45, 2.75) is 6.42 Å². The second-order valence-electron chi connectivity index (χ2n) is 3.76. The Balaban J connectivity index is 2.09. The van der Waals surface area contributed by atoms with Crippen LogP contribution in [0, 0.1) is 0 Å². The van der Waals surface area contributed by atoms with Gasteiger partial charge < -0.3 is 5.01 Å². The van der Waals surface area contributed by atoms with Gasteiger partial charge in [-0.1, -0.05) is 0 Å². The van der Waals surface area contributed by atoms with Crippen LogP contribution in [0.1, 0.15) is 6.42 Å². The molecular formula is C9H14N4O2. The third kappa shape index (κ3) is 1.80. The maximum atomic E-state index is 11.5. The fourth-order valence-electron chi connectivity index (χ4n) is 1.69. The fraction of sp³-hybridized carbons (Fsp3) is 0.556. The number of likely N-dealkylation sites (N-methyl/N-ethyl adjacent to an activating group) is 1. The van der Waals surface area contributed by atoms with Crippen LogP contribution in [0.15, 0.2) is 11.9 Å². The summed E-state index contributed by atoms with van der Waals surface area (Å²) in [6.07, 6.45) is 2.27. The minimum absolute atomic E-state index is 0.198. The van der Waals surface area contributed by atoms with Crippen LogP contribution in [-0.2, 0) is 4.79 Å². The molecular weight excluding hydrogens is 196 g/mol. The molecule has 0 saturated carbocycles. The molecule has 82 valence electrons. The molecule has 0 atom stereocenters. The van der Waals surface area contributed by atoms with E-state index in [1.165, 1.54) is 0 Å². The predicted molar refractivity (Wildman–Crippen MR) is 53.3 cm³/mol. The lowest BCUT2D eigenvalue weighted by atomic mass is 10.3. The van der Waals surface area contributed by atoms with E-state index in [0.717, 1.165) is 5.70 Å². The molecule has 1 fully saturated rings. The van der Waals surface area contributed by atoms with Crippen molar-refractivity contribution in [3.63, 3.8) is 0 Å². The highest BCUT2D eigenvalue weighted by Crippen LogP contribution is 2.17. The van der Waals surface area contributed by atoms with Gasteiger partial charge in [0.25, 0.3) is 0 Å². The van der Waals surface area contributed by atoms with Gasteiger partial charge in [0.05, 0.1) is 12.2 Å². The Bertz CT molecular complexity index is 339. The first-order valence-corrected chi connectivity index (χ1v) is 4.84. The van der Waals surface area contributed by atoms with Crippen molar-refractivity contribution < 1.29 is 9.59 Å². The molecule has 6 nitrogen and oxygen atoms in total. The molecule has 2 rings (SSSR count). The molecule has 3 amide bonds. The number of nitrogens with zero attached hydrogens (tertiary/aromatic N) is 3. The van der Waals surface area contributed by atoms with Crippen LogP contribution in [0.25, 0.3) is 0 Å². The van der Waals surface area contributed by atoms with Crippen LogP contribution in [-0.4, -0.2) is 54.0 Å². The molecule has 0 spiro atoms. The van der Waals surface area contributed by atoms with Crippen LogP contribution in [0.4, 0.5) is 4.79 Å². The number of amides is 3. The van der Waals surface area contributed by atoms with E-state index in [9.17, 15) is 9.59 Å². The minimum atomic E-state index is -0.318. The fourth-order valence-corrected chi connectivity index (χ4v) is 1.69. The molecule has 0 aromatic rings. The van der Waals surface area contributed by atoms with E-state index >= 15 is 0 Å². The summed E-state index contributed by atoms with van der Waals surface area (Å²) in [6, 6.07) is -0.318. The van der Waals surface area contributed by atoms with Crippen molar-refractivity contribution in [3.8, 4) is 0 Å². The molecule has 0 aliphatic carbocycles. The lowest BCUT2D eigenvalue weighted by Gasteiger charge is -2.27. The van der Waals surface area contributed by atoms with Gasteiger partial charge in [0.15, 0.2) is 0 Å². The Kier molecular flexibility index (Phi) is 2.36. The number of hydrogen-bond donors (Lipinski definition) is 1. The number of hydrazine groups is 1. The summed E-state index contributed by atoms with van der Waals surface area (Å²) in [5.74, 6) is -0.198. The van der Waals surface area contributed by atoms with Crippen LogP contribution in [0.3, 0.4) is 0 Å². The first kappa shape index (κ1) is 9.97. The number of imide groups is 1. The van der Waals surface area contributed by atoms with Crippen molar-refractivity contribution in [3.05, 3.63) is 11.9 Å².